The van der Waals surface area contributed by atoms with Crippen molar-refractivity contribution in [2.24, 2.45) is 5.73 Å². The summed E-state index contributed by atoms with van der Waals surface area (Å²) in [5.41, 5.74) is 8.87. The molecule has 1 aromatic heterocycles. The lowest BCUT2D eigenvalue weighted by Gasteiger charge is -2.24. The summed E-state index contributed by atoms with van der Waals surface area (Å²) in [5, 5.41) is 8.55. The number of rotatable bonds is 4. The molecule has 4 nitrogen and oxygen atoms in total. The summed E-state index contributed by atoms with van der Waals surface area (Å²) >= 11 is 0. The lowest BCUT2D eigenvalue weighted by Crippen LogP contribution is -2.35. The molecule has 0 aliphatic carbocycles. The molecular weight excluding hydrogens is 236 g/mol. The minimum Gasteiger partial charge on any atom is -0.354 e. The number of anilines is 1. The zero-order valence-corrected chi connectivity index (χ0v) is 11.7. The number of benzene rings is 1. The quantitative estimate of drug-likeness (QED) is 0.911. The van der Waals surface area contributed by atoms with Gasteiger partial charge in [-0.05, 0) is 26.0 Å². The molecule has 1 aromatic carbocycles. The average Bonchev–Trinajstić information content (AvgIpc) is 2.46. The Morgan fingerprint density at radius 3 is 2.32 bits per heavy atom. The third-order valence-corrected chi connectivity index (χ3v) is 3.36. The van der Waals surface area contributed by atoms with Crippen molar-refractivity contribution in [1.82, 2.24) is 10.2 Å². The summed E-state index contributed by atoms with van der Waals surface area (Å²) in [6.45, 7) is 4.73. The number of nitrogens with two attached hydrogens (primary N) is 1. The molecule has 19 heavy (non-hydrogen) atoms. The van der Waals surface area contributed by atoms with Gasteiger partial charge in [-0.3, -0.25) is 0 Å². The van der Waals surface area contributed by atoms with Crippen molar-refractivity contribution in [3.05, 3.63) is 42.0 Å². The minimum atomic E-state index is 0.250. The summed E-state index contributed by atoms with van der Waals surface area (Å²) in [5.74, 6) is 0.841. The van der Waals surface area contributed by atoms with Gasteiger partial charge in [-0.2, -0.15) is 0 Å². The van der Waals surface area contributed by atoms with E-state index in [0.717, 1.165) is 17.1 Å². The molecule has 1 heterocycles. The van der Waals surface area contributed by atoms with Crippen LogP contribution < -0.4 is 10.6 Å². The van der Waals surface area contributed by atoms with E-state index < -0.39 is 0 Å². The summed E-state index contributed by atoms with van der Waals surface area (Å²) in [6.07, 6.45) is 0. The molecule has 0 aliphatic rings. The fraction of sp³-hybridized carbons (Fsp3) is 0.333. The van der Waals surface area contributed by atoms with E-state index in [1.807, 2.05) is 24.1 Å². The van der Waals surface area contributed by atoms with Crippen LogP contribution in [0.2, 0.25) is 0 Å². The van der Waals surface area contributed by atoms with Gasteiger partial charge in [0, 0.05) is 25.2 Å². The molecule has 0 radical (unpaired) electrons. The van der Waals surface area contributed by atoms with Crippen LogP contribution in [0.25, 0.3) is 11.3 Å². The molecule has 1 unspecified atom stereocenters. The third kappa shape index (κ3) is 3.09. The molecule has 1 atom stereocenters. The first-order valence-corrected chi connectivity index (χ1v) is 6.45. The molecule has 0 saturated heterocycles. The van der Waals surface area contributed by atoms with Crippen LogP contribution in [0, 0.1) is 6.92 Å². The van der Waals surface area contributed by atoms with Gasteiger partial charge in [0.25, 0.3) is 0 Å². The van der Waals surface area contributed by atoms with Crippen LogP contribution in [-0.2, 0) is 0 Å². The van der Waals surface area contributed by atoms with Crippen LogP contribution in [0.3, 0.4) is 0 Å². The van der Waals surface area contributed by atoms with Gasteiger partial charge >= 0.3 is 0 Å². The second-order valence-corrected chi connectivity index (χ2v) is 4.84. The Morgan fingerprint density at radius 2 is 1.79 bits per heavy atom. The maximum absolute atomic E-state index is 5.66. The molecule has 2 aromatic rings. The summed E-state index contributed by atoms with van der Waals surface area (Å²) in [4.78, 5) is 2.03. The number of nitrogens with zero attached hydrogens (tertiary/aromatic N) is 3. The third-order valence-electron chi connectivity index (χ3n) is 3.36. The molecule has 0 fully saturated rings. The normalized spacial score (nSPS) is 12.2. The van der Waals surface area contributed by atoms with E-state index >= 15 is 0 Å². The van der Waals surface area contributed by atoms with E-state index in [1.165, 1.54) is 5.56 Å². The predicted molar refractivity (Wildman–Crippen MR) is 79.1 cm³/mol. The Balaban J connectivity index is 2.21. The largest absolute Gasteiger partial charge is 0.354 e. The lowest BCUT2D eigenvalue weighted by atomic mass is 10.1. The molecule has 0 aliphatic heterocycles. The van der Waals surface area contributed by atoms with Gasteiger partial charge in [-0.25, -0.2) is 0 Å². The monoisotopic (exact) mass is 256 g/mol. The van der Waals surface area contributed by atoms with Crippen LogP contribution in [0.4, 0.5) is 5.82 Å². The molecule has 4 heteroatoms. The van der Waals surface area contributed by atoms with Gasteiger partial charge in [0.05, 0.1) is 5.69 Å². The first-order chi connectivity index (χ1) is 9.11. The van der Waals surface area contributed by atoms with E-state index in [1.54, 1.807) is 0 Å². The fourth-order valence-electron chi connectivity index (χ4n) is 1.78. The number of hydrogen-bond donors (Lipinski definition) is 1. The Hall–Kier alpha value is -1.94. The maximum Gasteiger partial charge on any atom is 0.151 e. The molecule has 0 saturated carbocycles. The highest BCUT2D eigenvalue weighted by atomic mass is 15.3. The Kier molecular flexibility index (Phi) is 4.12. The van der Waals surface area contributed by atoms with Gasteiger partial charge in [-0.1, -0.05) is 29.8 Å². The lowest BCUT2D eigenvalue weighted by molar-refractivity contribution is 0.682. The van der Waals surface area contributed by atoms with Crippen LogP contribution in [-0.4, -0.2) is 29.8 Å². The van der Waals surface area contributed by atoms with Crippen molar-refractivity contribution in [3.63, 3.8) is 0 Å². The Morgan fingerprint density at radius 1 is 1.11 bits per heavy atom. The average molecular weight is 256 g/mol. The zero-order valence-electron chi connectivity index (χ0n) is 11.7. The van der Waals surface area contributed by atoms with Crippen molar-refractivity contribution in [3.8, 4) is 11.3 Å². The second-order valence-electron chi connectivity index (χ2n) is 4.84. The van der Waals surface area contributed by atoms with Crippen LogP contribution in [0.5, 0.6) is 0 Å². The fourth-order valence-corrected chi connectivity index (χ4v) is 1.78. The van der Waals surface area contributed by atoms with Crippen LogP contribution in [0.15, 0.2) is 36.4 Å². The molecular formula is C15H20N4. The topological polar surface area (TPSA) is 55.0 Å². The molecule has 0 bridgehead atoms. The van der Waals surface area contributed by atoms with Crippen LogP contribution >= 0.6 is 0 Å². The van der Waals surface area contributed by atoms with Crippen LogP contribution in [0.1, 0.15) is 12.5 Å². The van der Waals surface area contributed by atoms with Gasteiger partial charge in [-0.15, -0.1) is 10.2 Å². The molecule has 100 valence electrons. The maximum atomic E-state index is 5.66. The minimum absolute atomic E-state index is 0.250. The highest BCUT2D eigenvalue weighted by Gasteiger charge is 2.10. The van der Waals surface area contributed by atoms with Crippen molar-refractivity contribution in [2.45, 2.75) is 19.9 Å². The SMILES string of the molecule is Cc1ccc(-c2ccc(N(C)C(C)CN)nn2)cc1. The predicted octanol–water partition coefficient (Wildman–Crippen LogP) is 2.24. The molecule has 2 N–H and O–H groups in total. The second kappa shape index (κ2) is 5.80. The molecule has 0 spiro atoms. The van der Waals surface area contributed by atoms with E-state index in [9.17, 15) is 0 Å². The van der Waals surface area contributed by atoms with Crippen molar-refractivity contribution in [2.75, 3.05) is 18.5 Å². The first kappa shape index (κ1) is 13.5. The van der Waals surface area contributed by atoms with E-state index in [2.05, 4.69) is 48.3 Å². The van der Waals surface area contributed by atoms with Crippen molar-refractivity contribution < 1.29 is 0 Å². The van der Waals surface area contributed by atoms with Gasteiger partial charge in [0.15, 0.2) is 5.82 Å². The standard InChI is InChI=1S/C15H20N4/c1-11-4-6-13(7-5-11)14-8-9-15(18-17-14)19(3)12(2)10-16/h4-9,12H,10,16H2,1-3H3. The van der Waals surface area contributed by atoms with E-state index in [0.29, 0.717) is 6.54 Å². The smallest absolute Gasteiger partial charge is 0.151 e. The number of hydrogen-bond acceptors (Lipinski definition) is 4. The van der Waals surface area contributed by atoms with Gasteiger partial charge < -0.3 is 10.6 Å². The Bertz CT molecular complexity index is 519. The highest BCUT2D eigenvalue weighted by Crippen LogP contribution is 2.19. The number of likely N-dealkylation sites (N-methyl/N-ethyl adjacent to an activating group) is 1. The summed E-state index contributed by atoms with van der Waals surface area (Å²) < 4.78 is 0. The van der Waals surface area contributed by atoms with Crippen molar-refractivity contribution >= 4 is 5.82 Å². The number of aryl methyl sites for hydroxylation is 1. The zero-order chi connectivity index (χ0) is 13.8. The molecule has 2 rings (SSSR count). The molecule has 0 amide bonds. The van der Waals surface area contributed by atoms with Gasteiger partial charge in [0.2, 0.25) is 0 Å². The van der Waals surface area contributed by atoms with E-state index in [-0.39, 0.29) is 6.04 Å². The van der Waals surface area contributed by atoms with E-state index in [4.69, 9.17) is 5.73 Å². The van der Waals surface area contributed by atoms with Gasteiger partial charge in [0.1, 0.15) is 0 Å². The highest BCUT2D eigenvalue weighted by molar-refractivity contribution is 5.60. The number of aromatic nitrogens is 2. The summed E-state index contributed by atoms with van der Waals surface area (Å²) in [7, 11) is 1.98. The first-order valence-electron chi connectivity index (χ1n) is 6.45. The Labute approximate surface area is 114 Å². The summed E-state index contributed by atoms with van der Waals surface area (Å²) in [6, 6.07) is 12.5. The van der Waals surface area contributed by atoms with Crippen molar-refractivity contribution in [1.29, 1.82) is 0 Å².